The minimum absolute atomic E-state index is 0.609. The number of piperidine rings is 1. The van der Waals surface area contributed by atoms with E-state index in [4.69, 9.17) is 0 Å². The molecular formula is C15H29N3. The van der Waals surface area contributed by atoms with E-state index in [1.165, 1.54) is 38.8 Å². The van der Waals surface area contributed by atoms with Crippen molar-refractivity contribution in [3.05, 3.63) is 12.3 Å². The molecule has 0 saturated carbocycles. The first kappa shape index (κ1) is 13.9. The maximum atomic E-state index is 3.63. The highest BCUT2D eigenvalue weighted by Gasteiger charge is 2.18. The van der Waals surface area contributed by atoms with E-state index in [2.05, 4.69) is 41.7 Å². The lowest BCUT2D eigenvalue weighted by molar-refractivity contribution is 0.242. The topological polar surface area (TPSA) is 27.3 Å². The van der Waals surface area contributed by atoms with Crippen LogP contribution in [0, 0.1) is 5.92 Å². The van der Waals surface area contributed by atoms with Crippen molar-refractivity contribution in [3.8, 4) is 0 Å². The smallest absolute Gasteiger partial charge is 0.0327 e. The van der Waals surface area contributed by atoms with Gasteiger partial charge in [-0.2, -0.15) is 0 Å². The molecule has 2 fully saturated rings. The fourth-order valence-corrected chi connectivity index (χ4v) is 2.98. The third-order valence-electron chi connectivity index (χ3n) is 3.92. The van der Waals surface area contributed by atoms with Crippen LogP contribution in [-0.2, 0) is 0 Å². The largest absolute Gasteiger partial charge is 0.375 e. The third kappa shape index (κ3) is 4.62. The fourth-order valence-electron chi connectivity index (χ4n) is 2.98. The molecule has 0 aromatic heterocycles. The van der Waals surface area contributed by atoms with Crippen molar-refractivity contribution in [2.45, 2.75) is 51.6 Å². The highest BCUT2D eigenvalue weighted by Crippen LogP contribution is 2.11. The summed E-state index contributed by atoms with van der Waals surface area (Å²) in [6, 6.07) is 1.28. The Bertz CT molecular complexity index is 256. The van der Waals surface area contributed by atoms with Gasteiger partial charge in [0.1, 0.15) is 0 Å². The van der Waals surface area contributed by atoms with Crippen LogP contribution in [0.3, 0.4) is 0 Å². The second kappa shape index (κ2) is 7.15. The van der Waals surface area contributed by atoms with Gasteiger partial charge >= 0.3 is 0 Å². The molecule has 2 rings (SSSR count). The van der Waals surface area contributed by atoms with E-state index < -0.39 is 0 Å². The van der Waals surface area contributed by atoms with Crippen LogP contribution in [0.1, 0.15) is 39.5 Å². The molecule has 3 heteroatoms. The lowest BCUT2D eigenvalue weighted by atomic mass is 10.0. The zero-order valence-electron chi connectivity index (χ0n) is 12.0. The summed E-state index contributed by atoms with van der Waals surface area (Å²) in [5, 5.41) is 7.20. The number of rotatable bonds is 4. The quantitative estimate of drug-likeness (QED) is 0.800. The van der Waals surface area contributed by atoms with Gasteiger partial charge in [-0.05, 0) is 37.9 Å². The Morgan fingerprint density at radius 2 is 2.11 bits per heavy atom. The molecule has 2 aliphatic heterocycles. The zero-order chi connectivity index (χ0) is 12.8. The van der Waals surface area contributed by atoms with E-state index in [0.717, 1.165) is 19.0 Å². The molecule has 2 saturated heterocycles. The van der Waals surface area contributed by atoms with Crippen LogP contribution in [0.25, 0.3) is 0 Å². The van der Waals surface area contributed by atoms with Gasteiger partial charge in [0.15, 0.2) is 0 Å². The van der Waals surface area contributed by atoms with Gasteiger partial charge in [-0.1, -0.05) is 26.3 Å². The van der Waals surface area contributed by atoms with E-state index in [-0.39, 0.29) is 0 Å². The molecule has 18 heavy (non-hydrogen) atoms. The van der Waals surface area contributed by atoms with Crippen LogP contribution < -0.4 is 10.6 Å². The summed E-state index contributed by atoms with van der Waals surface area (Å²) in [5.41, 5.74) is 0. The highest BCUT2D eigenvalue weighted by molar-refractivity contribution is 4.96. The van der Waals surface area contributed by atoms with Crippen LogP contribution in [0.4, 0.5) is 0 Å². The first-order chi connectivity index (χ1) is 8.74. The third-order valence-corrected chi connectivity index (χ3v) is 3.92. The second-order valence-corrected chi connectivity index (χ2v) is 6.17. The molecule has 2 atom stereocenters. The normalized spacial score (nSPS) is 30.3. The number of hydrogen-bond donors (Lipinski definition) is 2. The predicted molar refractivity (Wildman–Crippen MR) is 77.6 cm³/mol. The van der Waals surface area contributed by atoms with Crippen molar-refractivity contribution < 1.29 is 0 Å². The average Bonchev–Trinajstić information content (AvgIpc) is 2.37. The monoisotopic (exact) mass is 251 g/mol. The van der Waals surface area contributed by atoms with Crippen molar-refractivity contribution in [2.75, 3.05) is 26.2 Å². The van der Waals surface area contributed by atoms with Gasteiger partial charge < -0.3 is 15.5 Å². The minimum atomic E-state index is 0.609. The number of hydrogen-bond acceptors (Lipinski definition) is 3. The lowest BCUT2D eigenvalue weighted by Gasteiger charge is -2.34. The first-order valence-corrected chi connectivity index (χ1v) is 7.63. The number of nitrogens with zero attached hydrogens (tertiary/aromatic N) is 1. The van der Waals surface area contributed by atoms with Crippen molar-refractivity contribution in [1.82, 2.24) is 15.5 Å². The van der Waals surface area contributed by atoms with E-state index in [9.17, 15) is 0 Å². The number of nitrogens with one attached hydrogen (secondary N) is 2. The second-order valence-electron chi connectivity index (χ2n) is 6.17. The van der Waals surface area contributed by atoms with Gasteiger partial charge in [0.05, 0.1) is 0 Å². The van der Waals surface area contributed by atoms with Crippen molar-refractivity contribution in [3.63, 3.8) is 0 Å². The molecule has 0 aromatic carbocycles. The van der Waals surface area contributed by atoms with Gasteiger partial charge in [-0.15, -0.1) is 0 Å². The summed E-state index contributed by atoms with van der Waals surface area (Å²) in [6.07, 6.45) is 10.0. The molecule has 3 nitrogen and oxygen atoms in total. The summed E-state index contributed by atoms with van der Waals surface area (Å²) in [5.74, 6) is 0.784. The Morgan fingerprint density at radius 3 is 2.83 bits per heavy atom. The molecule has 0 radical (unpaired) electrons. The summed E-state index contributed by atoms with van der Waals surface area (Å²) in [4.78, 5) is 2.49. The van der Waals surface area contributed by atoms with Crippen molar-refractivity contribution >= 4 is 0 Å². The number of piperazine rings is 1. The van der Waals surface area contributed by atoms with Gasteiger partial charge in [-0.25, -0.2) is 0 Å². The van der Waals surface area contributed by atoms with Crippen LogP contribution >= 0.6 is 0 Å². The fraction of sp³-hybridized carbons (Fsp3) is 0.867. The predicted octanol–water partition coefficient (Wildman–Crippen LogP) is 1.96. The van der Waals surface area contributed by atoms with Crippen molar-refractivity contribution in [2.24, 2.45) is 5.92 Å². The summed E-state index contributed by atoms with van der Waals surface area (Å²) in [7, 11) is 0. The van der Waals surface area contributed by atoms with Gasteiger partial charge in [-0.3, -0.25) is 0 Å². The Kier molecular flexibility index (Phi) is 5.51. The average molecular weight is 251 g/mol. The molecule has 0 aliphatic carbocycles. The van der Waals surface area contributed by atoms with Gasteiger partial charge in [0, 0.05) is 31.7 Å². The molecule has 0 bridgehead atoms. The van der Waals surface area contributed by atoms with E-state index in [0.29, 0.717) is 12.1 Å². The Hall–Kier alpha value is -0.540. The molecule has 0 spiro atoms. The molecule has 2 aliphatic rings. The van der Waals surface area contributed by atoms with Gasteiger partial charge in [0.2, 0.25) is 0 Å². The summed E-state index contributed by atoms with van der Waals surface area (Å²) >= 11 is 0. The maximum absolute atomic E-state index is 3.63. The zero-order valence-corrected chi connectivity index (χ0v) is 12.0. The first-order valence-electron chi connectivity index (χ1n) is 7.63. The van der Waals surface area contributed by atoms with E-state index in [1.54, 1.807) is 0 Å². The molecule has 104 valence electrons. The van der Waals surface area contributed by atoms with E-state index in [1.807, 2.05) is 0 Å². The minimum Gasteiger partial charge on any atom is -0.375 e. The summed E-state index contributed by atoms with van der Waals surface area (Å²) < 4.78 is 0. The molecule has 0 amide bonds. The summed E-state index contributed by atoms with van der Waals surface area (Å²) in [6.45, 7) is 9.25. The van der Waals surface area contributed by atoms with Crippen LogP contribution in [0.2, 0.25) is 0 Å². The molecule has 0 aromatic rings. The molecule has 2 N–H and O–H groups in total. The standard InChI is InChI=1S/C15H29N3/c1-13(2)11-15-12-18(10-8-17-15)9-6-14-5-3-4-7-16-14/h6,9,13-17H,3-5,7-8,10-12H2,1-2H3/b9-6-/t14?,15-/m0/s1. The van der Waals surface area contributed by atoms with Gasteiger partial charge in [0.25, 0.3) is 0 Å². The molecular weight excluding hydrogens is 222 g/mol. The lowest BCUT2D eigenvalue weighted by Crippen LogP contribution is -2.49. The van der Waals surface area contributed by atoms with Crippen LogP contribution in [0.5, 0.6) is 0 Å². The van der Waals surface area contributed by atoms with Crippen molar-refractivity contribution in [1.29, 1.82) is 0 Å². The van der Waals surface area contributed by atoms with Crippen LogP contribution in [-0.4, -0.2) is 43.2 Å². The SMILES string of the molecule is CC(C)C[C@H]1CN(/C=C\C2CCCCN2)CCN1. The Morgan fingerprint density at radius 1 is 1.22 bits per heavy atom. The molecule has 1 unspecified atom stereocenters. The van der Waals surface area contributed by atoms with E-state index >= 15 is 0 Å². The highest BCUT2D eigenvalue weighted by atomic mass is 15.2. The maximum Gasteiger partial charge on any atom is 0.0327 e. The Labute approximate surface area is 112 Å². The van der Waals surface area contributed by atoms with Crippen LogP contribution in [0.15, 0.2) is 12.3 Å². The molecule has 2 heterocycles. The Balaban J connectivity index is 1.75.